The molecule has 7 heteroatoms. The van der Waals surface area contributed by atoms with Crippen molar-refractivity contribution >= 4 is 12.1 Å². The molecule has 0 atom stereocenters. The third kappa shape index (κ3) is 5.14. The molecule has 0 fully saturated rings. The van der Waals surface area contributed by atoms with Crippen LogP contribution in [0.15, 0.2) is 41.5 Å². The minimum Gasteiger partial charge on any atom is -0.493 e. The van der Waals surface area contributed by atoms with Crippen LogP contribution in [0.25, 0.3) is 0 Å². The molecule has 2 rings (SSSR count). The molecular formula is C19H22N2O5. The van der Waals surface area contributed by atoms with Crippen molar-refractivity contribution in [3.8, 4) is 23.0 Å². The topological polar surface area (TPSA) is 78.4 Å². The van der Waals surface area contributed by atoms with E-state index in [0.29, 0.717) is 28.6 Å². The van der Waals surface area contributed by atoms with E-state index in [2.05, 4.69) is 10.5 Å². The molecule has 0 saturated carbocycles. The second-order valence-corrected chi connectivity index (χ2v) is 5.36. The molecule has 0 aromatic heterocycles. The maximum absolute atomic E-state index is 11.8. The number of carbonyl (C=O) groups is 1. The number of nitrogens with zero attached hydrogens (tertiary/aromatic N) is 1. The number of hydrogen-bond acceptors (Lipinski definition) is 6. The average molecular weight is 358 g/mol. The number of benzene rings is 2. The average Bonchev–Trinajstić information content (AvgIpc) is 2.65. The lowest BCUT2D eigenvalue weighted by Crippen LogP contribution is -2.24. The zero-order valence-corrected chi connectivity index (χ0v) is 15.2. The van der Waals surface area contributed by atoms with E-state index in [1.165, 1.54) is 27.5 Å². The Morgan fingerprint density at radius 2 is 1.77 bits per heavy atom. The Bertz CT molecular complexity index is 764. The van der Waals surface area contributed by atoms with Crippen LogP contribution in [0.1, 0.15) is 11.1 Å². The zero-order chi connectivity index (χ0) is 18.9. The van der Waals surface area contributed by atoms with Crippen molar-refractivity contribution in [3.63, 3.8) is 0 Å². The van der Waals surface area contributed by atoms with Crippen LogP contribution in [0.2, 0.25) is 0 Å². The molecule has 0 aliphatic rings. The van der Waals surface area contributed by atoms with Gasteiger partial charge in [-0.2, -0.15) is 5.10 Å². The van der Waals surface area contributed by atoms with E-state index in [1.807, 2.05) is 25.1 Å². The minimum absolute atomic E-state index is 0.129. The standard InChI is InChI=1S/C19H22N2O5/c1-13-6-5-7-15(8-13)26-12-18(22)21-20-11-14-9-16(23-2)19(25-4)17(10-14)24-3/h5-11H,12H2,1-4H3,(H,21,22). The number of rotatable bonds is 8. The van der Waals surface area contributed by atoms with E-state index < -0.39 is 0 Å². The van der Waals surface area contributed by atoms with Crippen LogP contribution in [0.5, 0.6) is 23.0 Å². The van der Waals surface area contributed by atoms with Crippen LogP contribution in [0.4, 0.5) is 0 Å². The Morgan fingerprint density at radius 3 is 2.35 bits per heavy atom. The Balaban J connectivity index is 1.96. The van der Waals surface area contributed by atoms with Crippen molar-refractivity contribution in [3.05, 3.63) is 47.5 Å². The summed E-state index contributed by atoms with van der Waals surface area (Å²) in [4.78, 5) is 11.8. The second-order valence-electron chi connectivity index (χ2n) is 5.36. The van der Waals surface area contributed by atoms with Crippen molar-refractivity contribution in [2.45, 2.75) is 6.92 Å². The van der Waals surface area contributed by atoms with E-state index >= 15 is 0 Å². The number of ether oxygens (including phenoxy) is 4. The lowest BCUT2D eigenvalue weighted by atomic mass is 10.2. The largest absolute Gasteiger partial charge is 0.493 e. The molecule has 138 valence electrons. The molecule has 26 heavy (non-hydrogen) atoms. The Kier molecular flexibility index (Phi) is 6.84. The fraction of sp³-hybridized carbons (Fsp3) is 0.263. The first-order chi connectivity index (χ1) is 12.6. The molecule has 2 aromatic carbocycles. The number of amides is 1. The summed E-state index contributed by atoms with van der Waals surface area (Å²) in [5, 5.41) is 3.92. The van der Waals surface area contributed by atoms with Gasteiger partial charge >= 0.3 is 0 Å². The van der Waals surface area contributed by atoms with E-state index in [4.69, 9.17) is 18.9 Å². The first-order valence-electron chi connectivity index (χ1n) is 7.88. The summed E-state index contributed by atoms with van der Waals surface area (Å²) in [6, 6.07) is 10.9. The van der Waals surface area contributed by atoms with E-state index in [-0.39, 0.29) is 12.5 Å². The van der Waals surface area contributed by atoms with Gasteiger partial charge in [0.15, 0.2) is 18.1 Å². The van der Waals surface area contributed by atoms with Crippen molar-refractivity contribution in [1.82, 2.24) is 5.43 Å². The molecule has 0 bridgehead atoms. The van der Waals surface area contributed by atoms with Gasteiger partial charge in [-0.15, -0.1) is 0 Å². The molecule has 0 heterocycles. The molecule has 0 unspecified atom stereocenters. The van der Waals surface area contributed by atoms with Gasteiger partial charge in [0.05, 0.1) is 27.5 Å². The van der Waals surface area contributed by atoms with Gasteiger partial charge in [0.1, 0.15) is 5.75 Å². The quantitative estimate of drug-likeness (QED) is 0.580. The van der Waals surface area contributed by atoms with Crippen LogP contribution < -0.4 is 24.4 Å². The molecule has 0 spiro atoms. The number of hydrazone groups is 1. The first-order valence-corrected chi connectivity index (χ1v) is 7.88. The molecular weight excluding hydrogens is 336 g/mol. The number of nitrogens with one attached hydrogen (secondary N) is 1. The lowest BCUT2D eigenvalue weighted by Gasteiger charge is -2.12. The molecule has 0 saturated heterocycles. The SMILES string of the molecule is COc1cc(C=NNC(=O)COc2cccc(C)c2)cc(OC)c1OC. The number of hydrogen-bond donors (Lipinski definition) is 1. The number of methoxy groups -OCH3 is 3. The van der Waals surface area contributed by atoms with Crippen molar-refractivity contribution in [2.75, 3.05) is 27.9 Å². The summed E-state index contributed by atoms with van der Waals surface area (Å²) >= 11 is 0. The highest BCUT2D eigenvalue weighted by Crippen LogP contribution is 2.37. The number of carbonyl (C=O) groups excluding carboxylic acids is 1. The molecule has 0 aliphatic heterocycles. The summed E-state index contributed by atoms with van der Waals surface area (Å²) in [5.74, 6) is 1.76. The summed E-state index contributed by atoms with van der Waals surface area (Å²) in [7, 11) is 4.59. The van der Waals surface area contributed by atoms with Crippen molar-refractivity contribution in [1.29, 1.82) is 0 Å². The Labute approximate surface area is 152 Å². The molecule has 7 nitrogen and oxygen atoms in total. The highest BCUT2D eigenvalue weighted by Gasteiger charge is 2.12. The molecule has 2 aromatic rings. The van der Waals surface area contributed by atoms with Gasteiger partial charge in [-0.05, 0) is 36.8 Å². The maximum atomic E-state index is 11.8. The van der Waals surface area contributed by atoms with Gasteiger partial charge in [0.2, 0.25) is 5.75 Å². The van der Waals surface area contributed by atoms with E-state index in [9.17, 15) is 4.79 Å². The first kappa shape index (κ1) is 19.1. The Hall–Kier alpha value is -3.22. The second kappa shape index (κ2) is 9.31. The predicted molar refractivity (Wildman–Crippen MR) is 98.5 cm³/mol. The Morgan fingerprint density at radius 1 is 1.08 bits per heavy atom. The summed E-state index contributed by atoms with van der Waals surface area (Å²) in [6.45, 7) is 1.82. The van der Waals surface area contributed by atoms with Gasteiger partial charge in [-0.3, -0.25) is 4.79 Å². The highest BCUT2D eigenvalue weighted by atomic mass is 16.5. The third-order valence-corrected chi connectivity index (χ3v) is 3.45. The molecule has 0 aliphatic carbocycles. The van der Waals surface area contributed by atoms with Crippen molar-refractivity contribution < 1.29 is 23.7 Å². The third-order valence-electron chi connectivity index (χ3n) is 3.45. The van der Waals surface area contributed by atoms with Gasteiger partial charge in [-0.25, -0.2) is 5.43 Å². The smallest absolute Gasteiger partial charge is 0.277 e. The molecule has 0 radical (unpaired) electrons. The van der Waals surface area contributed by atoms with Gasteiger partial charge in [0, 0.05) is 5.56 Å². The van der Waals surface area contributed by atoms with Gasteiger partial charge in [-0.1, -0.05) is 12.1 Å². The van der Waals surface area contributed by atoms with Crippen LogP contribution in [0, 0.1) is 6.92 Å². The summed E-state index contributed by atoms with van der Waals surface area (Å²) < 4.78 is 21.2. The van der Waals surface area contributed by atoms with Crippen molar-refractivity contribution in [2.24, 2.45) is 5.10 Å². The van der Waals surface area contributed by atoms with Crippen LogP contribution in [-0.4, -0.2) is 40.1 Å². The van der Waals surface area contributed by atoms with Crippen LogP contribution in [0.3, 0.4) is 0 Å². The predicted octanol–water partition coefficient (Wildman–Crippen LogP) is 2.55. The minimum atomic E-state index is -0.366. The fourth-order valence-electron chi connectivity index (χ4n) is 2.24. The van der Waals surface area contributed by atoms with E-state index in [0.717, 1.165) is 5.56 Å². The normalized spacial score (nSPS) is 10.5. The maximum Gasteiger partial charge on any atom is 0.277 e. The highest BCUT2D eigenvalue weighted by molar-refractivity contribution is 5.84. The summed E-state index contributed by atoms with van der Waals surface area (Å²) in [6.07, 6.45) is 1.48. The monoisotopic (exact) mass is 358 g/mol. The van der Waals surface area contributed by atoms with E-state index in [1.54, 1.807) is 18.2 Å². The lowest BCUT2D eigenvalue weighted by molar-refractivity contribution is -0.123. The van der Waals surface area contributed by atoms with Crippen LogP contribution in [-0.2, 0) is 4.79 Å². The van der Waals surface area contributed by atoms with Gasteiger partial charge in [0.25, 0.3) is 5.91 Å². The van der Waals surface area contributed by atoms with Gasteiger partial charge < -0.3 is 18.9 Å². The number of aryl methyl sites for hydroxylation is 1. The fourth-order valence-corrected chi connectivity index (χ4v) is 2.24. The molecule has 1 N–H and O–H groups in total. The molecule has 1 amide bonds. The van der Waals surface area contributed by atoms with Crippen LogP contribution >= 0.6 is 0 Å². The zero-order valence-electron chi connectivity index (χ0n) is 15.2. The summed E-state index contributed by atoms with van der Waals surface area (Å²) in [5.41, 5.74) is 4.15.